The molecule has 25 heavy (non-hydrogen) atoms. The van der Waals surface area contributed by atoms with Crippen molar-refractivity contribution in [3.05, 3.63) is 42.2 Å². The number of carbonyl (C=O) groups excluding carboxylic acids is 2. The van der Waals surface area contributed by atoms with Crippen LogP contribution in [0, 0.1) is 5.82 Å². The maximum atomic E-state index is 13.9. The van der Waals surface area contributed by atoms with Crippen LogP contribution in [-0.2, 0) is 4.74 Å². The summed E-state index contributed by atoms with van der Waals surface area (Å²) in [6.45, 7) is 1.04. The van der Waals surface area contributed by atoms with Crippen molar-refractivity contribution >= 4 is 17.7 Å². The second-order valence-corrected chi connectivity index (χ2v) is 5.71. The maximum absolute atomic E-state index is 13.9. The van der Waals surface area contributed by atoms with Gasteiger partial charge in [-0.1, -0.05) is 0 Å². The van der Waals surface area contributed by atoms with E-state index in [1.54, 1.807) is 15.9 Å². The largest absolute Gasteiger partial charge is 0.465 e. The molecule has 2 aromatic rings. The smallest absolute Gasteiger partial charge is 0.337 e. The van der Waals surface area contributed by atoms with Gasteiger partial charge in [-0.2, -0.15) is 5.10 Å². The van der Waals surface area contributed by atoms with Crippen LogP contribution in [0.5, 0.6) is 0 Å². The first-order chi connectivity index (χ1) is 12.1. The molecule has 9 heteroatoms. The number of ether oxygens (including phenoxy) is 1. The van der Waals surface area contributed by atoms with Gasteiger partial charge in [-0.25, -0.2) is 23.6 Å². The van der Waals surface area contributed by atoms with Crippen LogP contribution in [-0.4, -0.2) is 51.9 Å². The molecule has 0 spiro atoms. The highest BCUT2D eigenvalue weighted by molar-refractivity contribution is 5.94. The van der Waals surface area contributed by atoms with Gasteiger partial charge >= 0.3 is 12.0 Å². The molecule has 2 heterocycles. The van der Waals surface area contributed by atoms with Gasteiger partial charge in [0.05, 0.1) is 24.4 Å². The second kappa shape index (κ2) is 7.29. The highest BCUT2D eigenvalue weighted by atomic mass is 19.1. The van der Waals surface area contributed by atoms with E-state index in [1.807, 2.05) is 0 Å². The van der Waals surface area contributed by atoms with E-state index in [2.05, 4.69) is 20.1 Å². The fraction of sp³-hybridized carbons (Fsp3) is 0.375. The van der Waals surface area contributed by atoms with Crippen molar-refractivity contribution in [1.82, 2.24) is 19.7 Å². The van der Waals surface area contributed by atoms with Crippen molar-refractivity contribution in [2.24, 2.45) is 0 Å². The van der Waals surface area contributed by atoms with Crippen LogP contribution < -0.4 is 5.32 Å². The second-order valence-electron chi connectivity index (χ2n) is 5.71. The summed E-state index contributed by atoms with van der Waals surface area (Å²) in [6, 6.07) is 3.49. The molecule has 3 rings (SSSR count). The van der Waals surface area contributed by atoms with Crippen molar-refractivity contribution in [2.45, 2.75) is 18.9 Å². The Bertz CT molecular complexity index is 757. The Morgan fingerprint density at radius 3 is 2.72 bits per heavy atom. The molecule has 1 aliphatic rings. The van der Waals surface area contributed by atoms with Crippen LogP contribution in [0.3, 0.4) is 0 Å². The molecule has 1 N–H and O–H groups in total. The van der Waals surface area contributed by atoms with Crippen molar-refractivity contribution in [2.75, 3.05) is 25.5 Å². The average molecular weight is 347 g/mol. The van der Waals surface area contributed by atoms with E-state index >= 15 is 0 Å². The van der Waals surface area contributed by atoms with E-state index in [0.717, 1.165) is 18.9 Å². The fourth-order valence-electron chi connectivity index (χ4n) is 2.80. The molecule has 132 valence electrons. The highest BCUT2D eigenvalue weighted by Crippen LogP contribution is 2.23. The van der Waals surface area contributed by atoms with Gasteiger partial charge in [0.1, 0.15) is 18.5 Å². The van der Waals surface area contributed by atoms with E-state index < -0.39 is 17.8 Å². The number of urea groups is 1. The molecule has 0 bridgehead atoms. The molecule has 0 aliphatic carbocycles. The third kappa shape index (κ3) is 3.76. The SMILES string of the molecule is COC(=O)c1ccc(F)c(NC(=O)N2CCC(n3cncn3)CC2)c1. The molecule has 1 saturated heterocycles. The number of benzene rings is 1. The number of rotatable bonds is 3. The predicted molar refractivity (Wildman–Crippen MR) is 86.6 cm³/mol. The number of nitrogens with one attached hydrogen (secondary N) is 1. The fourth-order valence-corrected chi connectivity index (χ4v) is 2.80. The maximum Gasteiger partial charge on any atom is 0.337 e. The number of hydrogen-bond donors (Lipinski definition) is 1. The summed E-state index contributed by atoms with van der Waals surface area (Å²) >= 11 is 0. The highest BCUT2D eigenvalue weighted by Gasteiger charge is 2.25. The third-order valence-corrected chi connectivity index (χ3v) is 4.19. The quantitative estimate of drug-likeness (QED) is 0.859. The number of piperidine rings is 1. The monoisotopic (exact) mass is 347 g/mol. The minimum absolute atomic E-state index is 0.0497. The topological polar surface area (TPSA) is 89.4 Å². The van der Waals surface area contributed by atoms with Gasteiger partial charge in [0, 0.05) is 13.1 Å². The van der Waals surface area contributed by atoms with Crippen LogP contribution in [0.15, 0.2) is 30.9 Å². The van der Waals surface area contributed by atoms with Crippen molar-refractivity contribution in [1.29, 1.82) is 0 Å². The Labute approximate surface area is 143 Å². The van der Waals surface area contributed by atoms with Gasteiger partial charge in [0.2, 0.25) is 0 Å². The summed E-state index contributed by atoms with van der Waals surface area (Å²) in [5.41, 5.74) is 0.121. The number of aromatic nitrogens is 3. The van der Waals surface area contributed by atoms with Gasteiger partial charge in [0.15, 0.2) is 0 Å². The number of amides is 2. The predicted octanol–water partition coefficient (Wildman–Crippen LogP) is 2.07. The molecule has 0 atom stereocenters. The van der Waals surface area contributed by atoms with Crippen LogP contribution in [0.25, 0.3) is 0 Å². The number of carbonyl (C=O) groups is 2. The zero-order chi connectivity index (χ0) is 17.8. The van der Waals surface area contributed by atoms with E-state index in [0.29, 0.717) is 13.1 Å². The Morgan fingerprint density at radius 2 is 2.08 bits per heavy atom. The molecule has 1 aromatic heterocycles. The molecule has 0 saturated carbocycles. The van der Waals surface area contributed by atoms with E-state index in [9.17, 15) is 14.0 Å². The zero-order valence-electron chi connectivity index (χ0n) is 13.7. The van der Waals surface area contributed by atoms with Crippen LogP contribution in [0.2, 0.25) is 0 Å². The first-order valence-corrected chi connectivity index (χ1v) is 7.86. The normalized spacial score (nSPS) is 15.0. The van der Waals surface area contributed by atoms with Gasteiger partial charge in [0.25, 0.3) is 0 Å². The minimum Gasteiger partial charge on any atom is -0.465 e. The van der Waals surface area contributed by atoms with Crippen molar-refractivity contribution in [3.63, 3.8) is 0 Å². The Hall–Kier alpha value is -2.97. The van der Waals surface area contributed by atoms with E-state index in [4.69, 9.17) is 0 Å². The molecule has 0 radical (unpaired) electrons. The summed E-state index contributed by atoms with van der Waals surface area (Å²) < 4.78 is 20.3. The lowest BCUT2D eigenvalue weighted by atomic mass is 10.1. The standard InChI is InChI=1S/C16H18FN5O3/c1-25-15(23)11-2-3-13(17)14(8-11)20-16(24)21-6-4-12(5-7-21)22-10-18-9-19-22/h2-3,8-10,12H,4-7H2,1H3,(H,20,24). The summed E-state index contributed by atoms with van der Waals surface area (Å²) in [6.07, 6.45) is 4.62. The summed E-state index contributed by atoms with van der Waals surface area (Å²) in [5, 5.41) is 6.63. The van der Waals surface area contributed by atoms with Crippen molar-refractivity contribution < 1.29 is 18.7 Å². The minimum atomic E-state index is -0.612. The third-order valence-electron chi connectivity index (χ3n) is 4.19. The Kier molecular flexibility index (Phi) is 4.92. The van der Waals surface area contributed by atoms with Gasteiger partial charge in [-0.15, -0.1) is 0 Å². The van der Waals surface area contributed by atoms with E-state index in [1.165, 1.54) is 25.6 Å². The lowest BCUT2D eigenvalue weighted by Gasteiger charge is -2.31. The van der Waals surface area contributed by atoms with Gasteiger partial charge in [-0.3, -0.25) is 0 Å². The number of nitrogens with zero attached hydrogens (tertiary/aromatic N) is 4. The van der Waals surface area contributed by atoms with Crippen LogP contribution >= 0.6 is 0 Å². The molecular weight excluding hydrogens is 329 g/mol. The molecular formula is C16H18FN5O3. The van der Waals surface area contributed by atoms with Gasteiger partial charge in [-0.05, 0) is 31.0 Å². The number of esters is 1. The summed E-state index contributed by atoms with van der Waals surface area (Å²) in [7, 11) is 1.24. The molecule has 2 amide bonds. The first kappa shape index (κ1) is 16.9. The number of hydrogen-bond acceptors (Lipinski definition) is 5. The molecule has 8 nitrogen and oxygen atoms in total. The van der Waals surface area contributed by atoms with Crippen LogP contribution in [0.1, 0.15) is 29.2 Å². The summed E-state index contributed by atoms with van der Waals surface area (Å²) in [4.78, 5) is 29.4. The molecule has 1 aliphatic heterocycles. The van der Waals surface area contributed by atoms with Crippen LogP contribution in [0.4, 0.5) is 14.9 Å². The number of likely N-dealkylation sites (tertiary alicyclic amines) is 1. The summed E-state index contributed by atoms with van der Waals surface area (Å²) in [5.74, 6) is -1.21. The lowest BCUT2D eigenvalue weighted by Crippen LogP contribution is -2.41. The van der Waals surface area contributed by atoms with Crippen molar-refractivity contribution in [3.8, 4) is 0 Å². The van der Waals surface area contributed by atoms with E-state index in [-0.39, 0.29) is 17.3 Å². The number of anilines is 1. The Balaban J connectivity index is 1.62. The lowest BCUT2D eigenvalue weighted by molar-refractivity contribution is 0.0600. The molecule has 1 aromatic carbocycles. The zero-order valence-corrected chi connectivity index (χ0v) is 13.7. The Morgan fingerprint density at radius 1 is 1.32 bits per heavy atom. The number of methoxy groups -OCH3 is 1. The first-order valence-electron chi connectivity index (χ1n) is 7.86. The molecule has 1 fully saturated rings. The number of halogens is 1. The van der Waals surface area contributed by atoms with Gasteiger partial charge < -0.3 is 15.0 Å². The average Bonchev–Trinajstić information content (AvgIpc) is 3.17. The molecule has 0 unspecified atom stereocenters.